The van der Waals surface area contributed by atoms with E-state index in [4.69, 9.17) is 0 Å². The van der Waals surface area contributed by atoms with Gasteiger partial charge in [0.05, 0.1) is 16.1 Å². The molecule has 1 amide bonds. The molecule has 5 rings (SSSR count). The topological polar surface area (TPSA) is 63.4 Å². The van der Waals surface area contributed by atoms with E-state index in [0.717, 1.165) is 24.3 Å². The van der Waals surface area contributed by atoms with Crippen molar-refractivity contribution in [2.24, 2.45) is 0 Å². The third-order valence-corrected chi connectivity index (χ3v) is 6.87. The molecule has 0 fully saturated rings. The highest BCUT2D eigenvalue weighted by molar-refractivity contribution is 6.11. The van der Waals surface area contributed by atoms with Crippen LogP contribution < -0.4 is 4.90 Å². The summed E-state index contributed by atoms with van der Waals surface area (Å²) in [6, 6.07) is 27.4. The van der Waals surface area contributed by atoms with Gasteiger partial charge in [-0.15, -0.1) is 0 Å². The van der Waals surface area contributed by atoms with Gasteiger partial charge in [-0.05, 0) is 82.9 Å². The Labute approximate surface area is 246 Å². The van der Waals surface area contributed by atoms with Gasteiger partial charge in [0.15, 0.2) is 0 Å². The molecule has 0 aliphatic carbocycles. The van der Waals surface area contributed by atoms with E-state index in [1.807, 2.05) is 0 Å². The van der Waals surface area contributed by atoms with Crippen molar-refractivity contribution >= 4 is 23.0 Å². The summed E-state index contributed by atoms with van der Waals surface area (Å²) < 4.78 is 77.8. The van der Waals surface area contributed by atoms with Gasteiger partial charge in [-0.3, -0.25) is 19.8 Å². The molecular formula is C33H20F6N2O3. The second-order valence-corrected chi connectivity index (χ2v) is 9.69. The van der Waals surface area contributed by atoms with Gasteiger partial charge in [0.25, 0.3) is 11.6 Å². The van der Waals surface area contributed by atoms with Crippen LogP contribution >= 0.6 is 0 Å². The van der Waals surface area contributed by atoms with Gasteiger partial charge in [-0.1, -0.05) is 48.5 Å². The van der Waals surface area contributed by atoms with Crippen molar-refractivity contribution in [1.82, 2.24) is 0 Å². The van der Waals surface area contributed by atoms with Crippen LogP contribution in [-0.4, -0.2) is 10.8 Å². The van der Waals surface area contributed by atoms with Crippen molar-refractivity contribution in [1.29, 1.82) is 0 Å². The zero-order valence-electron chi connectivity index (χ0n) is 22.4. The van der Waals surface area contributed by atoms with E-state index in [-0.39, 0.29) is 11.3 Å². The van der Waals surface area contributed by atoms with Gasteiger partial charge in [0, 0.05) is 29.1 Å². The summed E-state index contributed by atoms with van der Waals surface area (Å²) in [4.78, 5) is 25.6. The summed E-state index contributed by atoms with van der Waals surface area (Å²) in [6.07, 6.45) is -8.94. The lowest BCUT2D eigenvalue weighted by Crippen LogP contribution is -2.25. The summed E-state index contributed by atoms with van der Waals surface area (Å²) in [7, 11) is 0. The molecule has 0 bridgehead atoms. The van der Waals surface area contributed by atoms with Crippen molar-refractivity contribution in [3.05, 3.63) is 148 Å². The molecule has 11 heteroatoms. The Bertz CT molecular complexity index is 1680. The highest BCUT2D eigenvalue weighted by atomic mass is 19.4. The third kappa shape index (κ3) is 6.46. The molecule has 0 saturated carbocycles. The summed E-state index contributed by atoms with van der Waals surface area (Å²) in [5.41, 5.74) is 1.43. The Hall–Kier alpha value is -5.45. The molecule has 0 heterocycles. The first kappa shape index (κ1) is 30.0. The number of hydrogen-bond acceptors (Lipinski definition) is 3. The lowest BCUT2D eigenvalue weighted by molar-refractivity contribution is -0.384. The number of halogens is 6. The van der Waals surface area contributed by atoms with E-state index in [1.54, 1.807) is 48.5 Å². The molecule has 0 radical (unpaired) electrons. The highest BCUT2D eigenvalue weighted by Gasteiger charge is 2.31. The van der Waals surface area contributed by atoms with Crippen molar-refractivity contribution in [3.63, 3.8) is 0 Å². The van der Waals surface area contributed by atoms with Gasteiger partial charge >= 0.3 is 12.4 Å². The number of nitro benzene ring substituents is 1. The molecule has 0 spiro atoms. The minimum atomic E-state index is -4.47. The van der Waals surface area contributed by atoms with Crippen LogP contribution in [0, 0.1) is 10.1 Å². The molecule has 5 nitrogen and oxygen atoms in total. The number of anilines is 2. The van der Waals surface area contributed by atoms with Gasteiger partial charge in [0.2, 0.25) is 0 Å². The standard InChI is InChI=1S/C33H20F6N2O3/c34-32(35,36)26-11-1-21(2-12-26)23-5-15-28(16-6-23)40(31(42)25-9-19-30(20-10-25)41(43)44)29-17-7-24(8-18-29)22-3-13-27(14-4-22)33(37,38)39/h1-20H. The van der Waals surface area contributed by atoms with Crippen molar-refractivity contribution in [2.45, 2.75) is 12.4 Å². The monoisotopic (exact) mass is 606 g/mol. The third-order valence-electron chi connectivity index (χ3n) is 6.87. The van der Waals surface area contributed by atoms with Gasteiger partial charge in [0.1, 0.15) is 0 Å². The minimum Gasteiger partial charge on any atom is -0.277 e. The number of carbonyl (C=O) groups excluding carboxylic acids is 1. The summed E-state index contributed by atoms with van der Waals surface area (Å²) >= 11 is 0. The first-order chi connectivity index (χ1) is 20.8. The zero-order valence-corrected chi connectivity index (χ0v) is 22.4. The van der Waals surface area contributed by atoms with E-state index < -0.39 is 34.3 Å². The van der Waals surface area contributed by atoms with Crippen LogP contribution in [0.15, 0.2) is 121 Å². The fraction of sp³-hybridized carbons (Fsp3) is 0.0606. The van der Waals surface area contributed by atoms with Gasteiger partial charge in [-0.2, -0.15) is 26.3 Å². The maximum atomic E-state index is 13.7. The molecular weight excluding hydrogens is 586 g/mol. The second kappa shape index (κ2) is 11.7. The number of benzene rings is 5. The highest BCUT2D eigenvalue weighted by Crippen LogP contribution is 2.35. The average Bonchev–Trinajstić information content (AvgIpc) is 3.01. The number of nitrogens with zero attached hydrogens (tertiary/aromatic N) is 2. The first-order valence-electron chi connectivity index (χ1n) is 13.0. The summed E-state index contributed by atoms with van der Waals surface area (Å²) in [6.45, 7) is 0. The largest absolute Gasteiger partial charge is 0.416 e. The predicted octanol–water partition coefficient (Wildman–Crippen LogP) is 9.94. The number of hydrogen-bond donors (Lipinski definition) is 0. The zero-order chi connectivity index (χ0) is 31.6. The molecule has 222 valence electrons. The van der Waals surface area contributed by atoms with Crippen molar-refractivity contribution < 1.29 is 36.1 Å². The quantitative estimate of drug-likeness (QED) is 0.110. The van der Waals surface area contributed by atoms with Crippen molar-refractivity contribution in [3.8, 4) is 22.3 Å². The van der Waals surface area contributed by atoms with E-state index in [9.17, 15) is 41.3 Å². The number of non-ortho nitro benzene ring substituents is 1. The van der Waals surface area contributed by atoms with Crippen LogP contribution in [0.1, 0.15) is 21.5 Å². The van der Waals surface area contributed by atoms with E-state index in [0.29, 0.717) is 33.6 Å². The van der Waals surface area contributed by atoms with Crippen LogP contribution in [0.2, 0.25) is 0 Å². The Morgan fingerprint density at radius 2 is 0.841 bits per heavy atom. The Balaban J connectivity index is 1.49. The fourth-order valence-corrected chi connectivity index (χ4v) is 4.55. The molecule has 0 atom stereocenters. The fourth-order valence-electron chi connectivity index (χ4n) is 4.55. The number of rotatable bonds is 6. The first-order valence-corrected chi connectivity index (χ1v) is 13.0. The summed E-state index contributed by atoms with van der Waals surface area (Å²) in [5.74, 6) is -0.524. The molecule has 0 N–H and O–H groups in total. The number of amides is 1. The second-order valence-electron chi connectivity index (χ2n) is 9.69. The molecule has 5 aromatic rings. The smallest absolute Gasteiger partial charge is 0.277 e. The van der Waals surface area contributed by atoms with Crippen LogP contribution in [0.4, 0.5) is 43.4 Å². The lowest BCUT2D eigenvalue weighted by atomic mass is 10.0. The molecule has 0 unspecified atom stereocenters. The van der Waals surface area contributed by atoms with E-state index in [1.165, 1.54) is 53.4 Å². The van der Waals surface area contributed by atoms with Crippen LogP contribution in [0.5, 0.6) is 0 Å². The van der Waals surface area contributed by atoms with Gasteiger partial charge < -0.3 is 0 Å². The maximum absolute atomic E-state index is 13.7. The Kier molecular flexibility index (Phi) is 7.97. The maximum Gasteiger partial charge on any atom is 0.416 e. The van der Waals surface area contributed by atoms with Crippen LogP contribution in [0.3, 0.4) is 0 Å². The molecule has 44 heavy (non-hydrogen) atoms. The minimum absolute atomic E-state index is 0.147. The van der Waals surface area contributed by atoms with Crippen LogP contribution in [-0.2, 0) is 12.4 Å². The number of nitro groups is 1. The predicted molar refractivity (Wildman–Crippen MR) is 153 cm³/mol. The molecule has 5 aromatic carbocycles. The number of alkyl halides is 6. The van der Waals surface area contributed by atoms with Crippen molar-refractivity contribution in [2.75, 3.05) is 4.90 Å². The van der Waals surface area contributed by atoms with Gasteiger partial charge in [-0.25, -0.2) is 0 Å². The Morgan fingerprint density at radius 3 is 1.14 bits per heavy atom. The SMILES string of the molecule is O=C(c1ccc([N+](=O)[O-])cc1)N(c1ccc(-c2ccc(C(F)(F)F)cc2)cc1)c1ccc(-c2ccc(C(F)(F)F)cc2)cc1. The lowest BCUT2D eigenvalue weighted by Gasteiger charge is -2.24. The number of carbonyl (C=O) groups is 1. The summed E-state index contributed by atoms with van der Waals surface area (Å²) in [5, 5.41) is 11.1. The molecule has 0 saturated heterocycles. The average molecular weight is 607 g/mol. The normalized spacial score (nSPS) is 11.7. The molecule has 0 aliphatic rings. The molecule has 0 aromatic heterocycles. The van der Waals surface area contributed by atoms with Crippen LogP contribution in [0.25, 0.3) is 22.3 Å². The van der Waals surface area contributed by atoms with E-state index in [2.05, 4.69) is 0 Å². The molecule has 0 aliphatic heterocycles. The van der Waals surface area contributed by atoms with E-state index >= 15 is 0 Å². The Morgan fingerprint density at radius 1 is 0.523 bits per heavy atom.